The average Bonchev–Trinajstić information content (AvgIpc) is 2.68. The van der Waals surface area contributed by atoms with E-state index in [1.54, 1.807) is 23.1 Å². The van der Waals surface area contributed by atoms with Crippen molar-refractivity contribution in [3.05, 3.63) is 59.9 Å². The molecule has 0 bridgehead atoms. The molecule has 0 aromatic heterocycles. The second kappa shape index (κ2) is 7.91. The van der Waals surface area contributed by atoms with E-state index in [1.807, 2.05) is 31.2 Å². The quantitative estimate of drug-likeness (QED) is 0.877. The minimum absolute atomic E-state index is 0.0511. The van der Waals surface area contributed by atoms with E-state index in [-0.39, 0.29) is 17.6 Å². The molecule has 2 aromatic carbocycles. The van der Waals surface area contributed by atoms with E-state index in [2.05, 4.69) is 0 Å². The molecule has 1 fully saturated rings. The summed E-state index contributed by atoms with van der Waals surface area (Å²) in [5.74, 6) is -0.579. The Labute approximate surface area is 159 Å². The van der Waals surface area contributed by atoms with Gasteiger partial charge in [-0.15, -0.1) is 0 Å². The molecule has 0 unspecified atom stereocenters. The molecule has 2 amide bonds. The van der Waals surface area contributed by atoms with Gasteiger partial charge in [0.1, 0.15) is 5.82 Å². The lowest BCUT2D eigenvalue weighted by Gasteiger charge is -2.41. The SMILES string of the molecule is CCC(=O)N1CCC[C@@](Cc2ccc(-c3ccccc3F)cc2)(C(N)=O)C1. The number of nitrogens with two attached hydrogens (primary N) is 1. The molecule has 2 aromatic rings. The van der Waals surface area contributed by atoms with E-state index in [0.717, 1.165) is 17.5 Å². The van der Waals surface area contributed by atoms with Gasteiger partial charge in [-0.3, -0.25) is 9.59 Å². The number of carbonyl (C=O) groups is 2. The zero-order chi connectivity index (χ0) is 19.4. The lowest BCUT2D eigenvalue weighted by atomic mass is 9.74. The van der Waals surface area contributed by atoms with Gasteiger partial charge in [0.25, 0.3) is 0 Å². The van der Waals surface area contributed by atoms with Gasteiger partial charge in [-0.1, -0.05) is 49.4 Å². The molecular formula is C22H25FN2O2. The van der Waals surface area contributed by atoms with Gasteiger partial charge in [-0.2, -0.15) is 0 Å². The smallest absolute Gasteiger partial charge is 0.225 e. The molecule has 0 spiro atoms. The molecule has 1 atom stereocenters. The van der Waals surface area contributed by atoms with Gasteiger partial charge >= 0.3 is 0 Å². The largest absolute Gasteiger partial charge is 0.369 e. The predicted molar refractivity (Wildman–Crippen MR) is 103 cm³/mol. The number of nitrogens with zero attached hydrogens (tertiary/aromatic N) is 1. The van der Waals surface area contributed by atoms with Gasteiger partial charge in [0.05, 0.1) is 5.41 Å². The summed E-state index contributed by atoms with van der Waals surface area (Å²) in [6.45, 7) is 2.86. The zero-order valence-electron chi connectivity index (χ0n) is 15.6. The highest BCUT2D eigenvalue weighted by Gasteiger charge is 2.41. The fourth-order valence-electron chi connectivity index (χ4n) is 3.89. The van der Waals surface area contributed by atoms with Gasteiger partial charge in [-0.05, 0) is 36.5 Å². The molecule has 1 heterocycles. The highest BCUT2D eigenvalue weighted by Crippen LogP contribution is 2.34. The van der Waals surface area contributed by atoms with Crippen molar-refractivity contribution in [2.75, 3.05) is 13.1 Å². The summed E-state index contributed by atoms with van der Waals surface area (Å²) in [5, 5.41) is 0. The van der Waals surface area contributed by atoms with Gasteiger partial charge < -0.3 is 10.6 Å². The molecule has 0 radical (unpaired) electrons. The molecule has 1 saturated heterocycles. The second-order valence-electron chi connectivity index (χ2n) is 7.27. The van der Waals surface area contributed by atoms with Crippen LogP contribution in [-0.2, 0) is 16.0 Å². The van der Waals surface area contributed by atoms with E-state index in [9.17, 15) is 14.0 Å². The summed E-state index contributed by atoms with van der Waals surface area (Å²) >= 11 is 0. The Hall–Kier alpha value is -2.69. The molecule has 1 aliphatic heterocycles. The highest BCUT2D eigenvalue weighted by molar-refractivity contribution is 5.83. The molecule has 3 rings (SSSR count). The minimum atomic E-state index is -0.747. The fourth-order valence-corrected chi connectivity index (χ4v) is 3.89. The topological polar surface area (TPSA) is 63.4 Å². The number of benzene rings is 2. The van der Waals surface area contributed by atoms with Crippen LogP contribution in [0.3, 0.4) is 0 Å². The van der Waals surface area contributed by atoms with Crippen LogP contribution in [0.15, 0.2) is 48.5 Å². The summed E-state index contributed by atoms with van der Waals surface area (Å²) in [6.07, 6.45) is 2.34. The lowest BCUT2D eigenvalue weighted by molar-refractivity contribution is -0.139. The molecule has 0 saturated carbocycles. The number of halogens is 1. The fraction of sp³-hybridized carbons (Fsp3) is 0.364. The second-order valence-corrected chi connectivity index (χ2v) is 7.27. The Bertz CT molecular complexity index is 834. The number of carbonyl (C=O) groups excluding carboxylic acids is 2. The molecular weight excluding hydrogens is 343 g/mol. The number of hydrogen-bond acceptors (Lipinski definition) is 2. The first kappa shape index (κ1) is 19.1. The Morgan fingerprint density at radius 3 is 2.48 bits per heavy atom. The first-order chi connectivity index (χ1) is 12.9. The molecule has 27 heavy (non-hydrogen) atoms. The Kier molecular flexibility index (Phi) is 5.59. The van der Waals surface area contributed by atoms with Crippen LogP contribution in [0.5, 0.6) is 0 Å². The van der Waals surface area contributed by atoms with Crippen molar-refractivity contribution < 1.29 is 14.0 Å². The minimum Gasteiger partial charge on any atom is -0.369 e. The van der Waals surface area contributed by atoms with Crippen molar-refractivity contribution in [2.24, 2.45) is 11.1 Å². The number of amides is 2. The summed E-state index contributed by atoms with van der Waals surface area (Å²) in [5.41, 5.74) is 7.31. The zero-order valence-corrected chi connectivity index (χ0v) is 15.6. The van der Waals surface area contributed by atoms with Gasteiger partial charge in [-0.25, -0.2) is 4.39 Å². The first-order valence-corrected chi connectivity index (χ1v) is 9.37. The number of likely N-dealkylation sites (tertiary alicyclic amines) is 1. The number of hydrogen-bond donors (Lipinski definition) is 1. The number of rotatable bonds is 5. The maximum absolute atomic E-state index is 14.0. The number of piperidine rings is 1. The maximum Gasteiger partial charge on any atom is 0.225 e. The Morgan fingerprint density at radius 1 is 1.15 bits per heavy atom. The molecule has 5 heteroatoms. The molecule has 0 aliphatic carbocycles. The van der Waals surface area contributed by atoms with Crippen molar-refractivity contribution in [1.29, 1.82) is 0 Å². The van der Waals surface area contributed by atoms with Crippen LogP contribution in [0.1, 0.15) is 31.7 Å². The van der Waals surface area contributed by atoms with Gasteiger partial charge in [0.15, 0.2) is 0 Å². The average molecular weight is 368 g/mol. The van der Waals surface area contributed by atoms with Gasteiger partial charge in [0.2, 0.25) is 11.8 Å². The van der Waals surface area contributed by atoms with Crippen LogP contribution in [0, 0.1) is 11.2 Å². The lowest BCUT2D eigenvalue weighted by Crippen LogP contribution is -2.53. The third-order valence-electron chi connectivity index (χ3n) is 5.44. The van der Waals surface area contributed by atoms with Crippen molar-refractivity contribution in [3.8, 4) is 11.1 Å². The number of primary amides is 1. The van der Waals surface area contributed by atoms with Crippen LogP contribution in [0.4, 0.5) is 4.39 Å². The van der Waals surface area contributed by atoms with Crippen molar-refractivity contribution in [3.63, 3.8) is 0 Å². The highest BCUT2D eigenvalue weighted by atomic mass is 19.1. The maximum atomic E-state index is 14.0. The molecule has 4 nitrogen and oxygen atoms in total. The molecule has 1 aliphatic rings. The van der Waals surface area contributed by atoms with E-state index in [1.165, 1.54) is 6.07 Å². The van der Waals surface area contributed by atoms with E-state index in [0.29, 0.717) is 37.9 Å². The van der Waals surface area contributed by atoms with Crippen LogP contribution >= 0.6 is 0 Å². The summed E-state index contributed by atoms with van der Waals surface area (Å²) in [7, 11) is 0. The van der Waals surface area contributed by atoms with Crippen LogP contribution in [0.2, 0.25) is 0 Å². The normalized spacial score (nSPS) is 19.7. The Balaban J connectivity index is 1.82. The summed E-state index contributed by atoms with van der Waals surface area (Å²) < 4.78 is 14.0. The third kappa shape index (κ3) is 4.02. The summed E-state index contributed by atoms with van der Waals surface area (Å²) in [4.78, 5) is 26.2. The van der Waals surface area contributed by atoms with Crippen molar-refractivity contribution in [1.82, 2.24) is 4.90 Å². The monoisotopic (exact) mass is 368 g/mol. The standard InChI is InChI=1S/C22H25FN2O2/c1-2-20(26)25-13-5-12-22(15-25,21(24)27)14-16-8-10-17(11-9-16)18-6-3-4-7-19(18)23/h3-4,6-11H,2,5,12-15H2,1H3,(H2,24,27)/t22-/m0/s1. The van der Waals surface area contributed by atoms with Gasteiger partial charge in [0, 0.05) is 25.1 Å². The first-order valence-electron chi connectivity index (χ1n) is 9.37. The predicted octanol–water partition coefficient (Wildman–Crippen LogP) is 3.54. The molecule has 2 N–H and O–H groups in total. The van der Waals surface area contributed by atoms with Crippen molar-refractivity contribution in [2.45, 2.75) is 32.6 Å². The van der Waals surface area contributed by atoms with E-state index < -0.39 is 5.41 Å². The van der Waals surface area contributed by atoms with Crippen molar-refractivity contribution >= 4 is 11.8 Å². The molecule has 142 valence electrons. The van der Waals surface area contributed by atoms with E-state index in [4.69, 9.17) is 5.73 Å². The van der Waals surface area contributed by atoms with E-state index >= 15 is 0 Å². The van der Waals surface area contributed by atoms with Crippen LogP contribution in [-0.4, -0.2) is 29.8 Å². The van der Waals surface area contributed by atoms with Crippen LogP contribution < -0.4 is 5.73 Å². The van der Waals surface area contributed by atoms with Crippen LogP contribution in [0.25, 0.3) is 11.1 Å². The third-order valence-corrected chi connectivity index (χ3v) is 5.44. The summed E-state index contributed by atoms with van der Waals surface area (Å²) in [6, 6.07) is 14.2. The Morgan fingerprint density at radius 2 is 1.85 bits per heavy atom.